The van der Waals surface area contributed by atoms with Gasteiger partial charge in [-0.2, -0.15) is 0 Å². The van der Waals surface area contributed by atoms with Crippen LogP contribution in [0.2, 0.25) is 0 Å². The van der Waals surface area contributed by atoms with E-state index < -0.39 is 0 Å². The smallest absolute Gasteiger partial charge is 0.00394 e. The lowest BCUT2D eigenvalue weighted by Gasteiger charge is -2.24. The number of hydrogen-bond donors (Lipinski definition) is 1. The first-order chi connectivity index (χ1) is 4.73. The van der Waals surface area contributed by atoms with Crippen molar-refractivity contribution >= 4 is 0 Å². The molecule has 1 aliphatic carbocycles. The van der Waals surface area contributed by atoms with Crippen molar-refractivity contribution in [3.8, 4) is 0 Å². The SMILES string of the molecule is C=CC(C)(CNC)C1CC1. The van der Waals surface area contributed by atoms with Gasteiger partial charge < -0.3 is 5.32 Å². The van der Waals surface area contributed by atoms with Crippen LogP contribution in [0.4, 0.5) is 0 Å². The van der Waals surface area contributed by atoms with Crippen LogP contribution in [-0.2, 0) is 0 Å². The molecular formula is C9H17N. The summed E-state index contributed by atoms with van der Waals surface area (Å²) in [5.41, 5.74) is 0.356. The standard InChI is InChI=1S/C9H17N/c1-4-9(2,7-10-3)8-5-6-8/h4,8,10H,1,5-7H2,2-3H3. The highest BCUT2D eigenvalue weighted by Gasteiger charge is 2.38. The molecule has 0 saturated heterocycles. The van der Waals surface area contributed by atoms with Crippen molar-refractivity contribution in [2.24, 2.45) is 11.3 Å². The monoisotopic (exact) mass is 139 g/mol. The van der Waals surface area contributed by atoms with Gasteiger partial charge in [0.05, 0.1) is 0 Å². The third kappa shape index (κ3) is 1.40. The van der Waals surface area contributed by atoms with Gasteiger partial charge in [-0.05, 0) is 25.8 Å². The first kappa shape index (κ1) is 7.80. The van der Waals surface area contributed by atoms with E-state index in [1.165, 1.54) is 12.8 Å². The van der Waals surface area contributed by atoms with Crippen molar-refractivity contribution in [1.82, 2.24) is 5.32 Å². The van der Waals surface area contributed by atoms with Crippen LogP contribution in [0, 0.1) is 11.3 Å². The maximum atomic E-state index is 3.87. The van der Waals surface area contributed by atoms with Crippen LogP contribution in [0.5, 0.6) is 0 Å². The van der Waals surface area contributed by atoms with Crippen molar-refractivity contribution in [1.29, 1.82) is 0 Å². The lowest BCUT2D eigenvalue weighted by atomic mass is 9.85. The lowest BCUT2D eigenvalue weighted by Crippen LogP contribution is -2.29. The molecular weight excluding hydrogens is 122 g/mol. The second-order valence-electron chi connectivity index (χ2n) is 3.51. The predicted molar refractivity (Wildman–Crippen MR) is 45.0 cm³/mol. The Hall–Kier alpha value is -0.300. The summed E-state index contributed by atoms with van der Waals surface area (Å²) in [6, 6.07) is 0. The van der Waals surface area contributed by atoms with Crippen molar-refractivity contribution < 1.29 is 0 Å². The van der Waals surface area contributed by atoms with Gasteiger partial charge >= 0.3 is 0 Å². The summed E-state index contributed by atoms with van der Waals surface area (Å²) in [6.45, 7) is 7.23. The van der Waals surface area contributed by atoms with Crippen LogP contribution in [0.3, 0.4) is 0 Å². The summed E-state index contributed by atoms with van der Waals surface area (Å²) in [4.78, 5) is 0. The van der Waals surface area contributed by atoms with Crippen LogP contribution in [0.25, 0.3) is 0 Å². The van der Waals surface area contributed by atoms with Crippen LogP contribution in [0.1, 0.15) is 19.8 Å². The van der Waals surface area contributed by atoms with E-state index in [-0.39, 0.29) is 0 Å². The summed E-state index contributed by atoms with van der Waals surface area (Å²) in [5, 5.41) is 3.21. The van der Waals surface area contributed by atoms with Gasteiger partial charge in [-0.15, -0.1) is 6.58 Å². The van der Waals surface area contributed by atoms with Gasteiger partial charge in [0.1, 0.15) is 0 Å². The van der Waals surface area contributed by atoms with Crippen molar-refractivity contribution in [3.05, 3.63) is 12.7 Å². The number of rotatable bonds is 4. The molecule has 0 spiro atoms. The first-order valence-electron chi connectivity index (χ1n) is 4.01. The summed E-state index contributed by atoms with van der Waals surface area (Å²) in [6.07, 6.45) is 4.88. The second-order valence-corrected chi connectivity index (χ2v) is 3.51. The van der Waals surface area contributed by atoms with E-state index in [0.29, 0.717) is 5.41 Å². The Labute approximate surface area is 63.5 Å². The van der Waals surface area contributed by atoms with E-state index in [0.717, 1.165) is 12.5 Å². The highest BCUT2D eigenvalue weighted by atomic mass is 14.8. The molecule has 1 nitrogen and oxygen atoms in total. The second kappa shape index (κ2) is 2.75. The molecule has 1 unspecified atom stereocenters. The van der Waals surface area contributed by atoms with Crippen LogP contribution < -0.4 is 5.32 Å². The van der Waals surface area contributed by atoms with E-state index in [9.17, 15) is 0 Å². The normalized spacial score (nSPS) is 23.8. The Morgan fingerprint density at radius 2 is 2.30 bits per heavy atom. The summed E-state index contributed by atoms with van der Waals surface area (Å²) in [7, 11) is 2.00. The maximum Gasteiger partial charge on any atom is 0.00394 e. The van der Waals surface area contributed by atoms with Gasteiger partial charge in [-0.3, -0.25) is 0 Å². The quantitative estimate of drug-likeness (QED) is 0.586. The molecule has 0 aliphatic heterocycles. The van der Waals surface area contributed by atoms with Gasteiger partial charge in [0.25, 0.3) is 0 Å². The fourth-order valence-electron chi connectivity index (χ4n) is 1.51. The topological polar surface area (TPSA) is 12.0 Å². The van der Waals surface area contributed by atoms with Crippen molar-refractivity contribution in [3.63, 3.8) is 0 Å². The third-order valence-electron chi connectivity index (χ3n) is 2.53. The molecule has 0 heterocycles. The molecule has 58 valence electrons. The van der Waals surface area contributed by atoms with E-state index in [1.807, 2.05) is 7.05 Å². The Morgan fingerprint density at radius 3 is 2.60 bits per heavy atom. The molecule has 1 N–H and O–H groups in total. The molecule has 10 heavy (non-hydrogen) atoms. The largest absolute Gasteiger partial charge is 0.319 e. The zero-order valence-corrected chi connectivity index (χ0v) is 6.98. The molecule has 0 aromatic carbocycles. The molecule has 1 heteroatoms. The first-order valence-corrected chi connectivity index (χ1v) is 4.01. The lowest BCUT2D eigenvalue weighted by molar-refractivity contribution is 0.353. The molecule has 1 atom stereocenters. The van der Waals surface area contributed by atoms with Gasteiger partial charge in [0.2, 0.25) is 0 Å². The average Bonchev–Trinajstić information content (AvgIpc) is 2.69. The van der Waals surface area contributed by atoms with Crippen LogP contribution in [0.15, 0.2) is 12.7 Å². The fraction of sp³-hybridized carbons (Fsp3) is 0.778. The molecule has 0 aromatic rings. The highest BCUT2D eigenvalue weighted by Crippen LogP contribution is 2.45. The average molecular weight is 139 g/mol. The molecule has 0 amide bonds. The number of hydrogen-bond acceptors (Lipinski definition) is 1. The van der Waals surface area contributed by atoms with E-state index in [2.05, 4.69) is 24.9 Å². The molecule has 1 aliphatic rings. The van der Waals surface area contributed by atoms with Gasteiger partial charge in [-0.25, -0.2) is 0 Å². The highest BCUT2D eigenvalue weighted by molar-refractivity contribution is 5.02. The van der Waals surface area contributed by atoms with E-state index in [4.69, 9.17) is 0 Å². The van der Waals surface area contributed by atoms with Crippen molar-refractivity contribution in [2.75, 3.05) is 13.6 Å². The van der Waals surface area contributed by atoms with E-state index >= 15 is 0 Å². The summed E-state index contributed by atoms with van der Waals surface area (Å²) in [5.74, 6) is 0.900. The fourth-order valence-corrected chi connectivity index (χ4v) is 1.51. The Balaban J connectivity index is 2.47. The Bertz CT molecular complexity index is 127. The van der Waals surface area contributed by atoms with Gasteiger partial charge in [0.15, 0.2) is 0 Å². The van der Waals surface area contributed by atoms with E-state index in [1.54, 1.807) is 0 Å². The molecule has 0 bridgehead atoms. The van der Waals surface area contributed by atoms with Gasteiger partial charge in [-0.1, -0.05) is 13.0 Å². The van der Waals surface area contributed by atoms with Crippen molar-refractivity contribution in [2.45, 2.75) is 19.8 Å². The molecule has 0 aromatic heterocycles. The third-order valence-corrected chi connectivity index (χ3v) is 2.53. The molecule has 1 rings (SSSR count). The molecule has 0 radical (unpaired) electrons. The van der Waals surface area contributed by atoms with Crippen LogP contribution >= 0.6 is 0 Å². The number of nitrogens with one attached hydrogen (secondary N) is 1. The predicted octanol–water partition coefficient (Wildman–Crippen LogP) is 1.81. The van der Waals surface area contributed by atoms with Gasteiger partial charge in [0, 0.05) is 12.0 Å². The van der Waals surface area contributed by atoms with Crippen LogP contribution in [-0.4, -0.2) is 13.6 Å². The maximum absolute atomic E-state index is 3.87. The Kier molecular flexibility index (Phi) is 2.14. The zero-order valence-electron chi connectivity index (χ0n) is 6.98. The summed E-state index contributed by atoms with van der Waals surface area (Å²) >= 11 is 0. The minimum absolute atomic E-state index is 0.356. The minimum atomic E-state index is 0.356. The zero-order chi connectivity index (χ0) is 7.61. The summed E-state index contributed by atoms with van der Waals surface area (Å²) < 4.78 is 0. The molecule has 1 saturated carbocycles. The Morgan fingerprint density at radius 1 is 1.70 bits per heavy atom. The molecule has 1 fully saturated rings. The minimum Gasteiger partial charge on any atom is -0.319 e.